The van der Waals surface area contributed by atoms with Crippen molar-refractivity contribution in [1.29, 1.82) is 0 Å². The first-order valence-electron chi connectivity index (χ1n) is 12.2. The number of aromatic nitrogens is 4. The van der Waals surface area contributed by atoms with Gasteiger partial charge in [-0.3, -0.25) is 14.8 Å². The molecule has 1 amide bonds. The van der Waals surface area contributed by atoms with Crippen LogP contribution < -0.4 is 10.6 Å². The molecule has 3 unspecified atom stereocenters. The summed E-state index contributed by atoms with van der Waals surface area (Å²) in [5.74, 6) is 1.15. The third-order valence-electron chi connectivity index (χ3n) is 6.37. The van der Waals surface area contributed by atoms with Gasteiger partial charge < -0.3 is 10.6 Å². The van der Waals surface area contributed by atoms with Crippen LogP contribution in [0.4, 0.5) is 5.82 Å². The van der Waals surface area contributed by atoms with Crippen LogP contribution in [-0.4, -0.2) is 55.8 Å². The molecule has 0 saturated carbocycles. The lowest BCUT2D eigenvalue weighted by Crippen LogP contribution is -2.33. The van der Waals surface area contributed by atoms with Crippen molar-refractivity contribution in [2.45, 2.75) is 38.0 Å². The van der Waals surface area contributed by atoms with Gasteiger partial charge in [-0.2, -0.15) is 11.8 Å². The van der Waals surface area contributed by atoms with Crippen molar-refractivity contribution in [3.8, 4) is 11.3 Å². The van der Waals surface area contributed by atoms with Gasteiger partial charge in [-0.25, -0.2) is 9.97 Å². The number of thioether (sulfide) groups is 1. The van der Waals surface area contributed by atoms with Gasteiger partial charge in [0.2, 0.25) is 0 Å². The number of hydrogen-bond donors (Lipinski definition) is 2. The maximum absolute atomic E-state index is 12.9. The van der Waals surface area contributed by atoms with Crippen molar-refractivity contribution in [2.75, 3.05) is 24.0 Å². The second-order valence-corrected chi connectivity index (χ2v) is 10.4. The summed E-state index contributed by atoms with van der Waals surface area (Å²) in [6.07, 6.45) is 7.21. The van der Waals surface area contributed by atoms with Gasteiger partial charge in [0.15, 0.2) is 0 Å². The van der Waals surface area contributed by atoms with Gasteiger partial charge in [0.25, 0.3) is 5.91 Å². The second-order valence-electron chi connectivity index (χ2n) is 9.05. The number of benzene rings is 1. The maximum Gasteiger partial charge on any atom is 0.252 e. The molecular weight excluding hydrogens is 504 g/mol. The molecule has 37 heavy (non-hydrogen) atoms. The molecule has 7 nitrogen and oxygen atoms in total. The Balaban J connectivity index is 1.54. The van der Waals surface area contributed by atoms with Gasteiger partial charge in [-0.15, -0.1) is 11.6 Å². The minimum absolute atomic E-state index is 0.115. The molecule has 0 spiro atoms. The van der Waals surface area contributed by atoms with E-state index in [1.165, 1.54) is 0 Å². The Morgan fingerprint density at radius 2 is 1.92 bits per heavy atom. The van der Waals surface area contributed by atoms with E-state index in [1.807, 2.05) is 50.4 Å². The van der Waals surface area contributed by atoms with E-state index in [0.29, 0.717) is 18.0 Å². The van der Waals surface area contributed by atoms with E-state index in [9.17, 15) is 4.79 Å². The first-order valence-corrected chi connectivity index (χ1v) is 14.0. The zero-order valence-corrected chi connectivity index (χ0v) is 23.0. The summed E-state index contributed by atoms with van der Waals surface area (Å²) in [6, 6.07) is 13.6. The molecule has 0 fully saturated rings. The largest absolute Gasteiger partial charge is 0.369 e. The van der Waals surface area contributed by atoms with Crippen molar-refractivity contribution in [3.63, 3.8) is 0 Å². The number of carbonyl (C=O) groups excluding carboxylic acids is 1. The standard InChI is InChI=1S/C28H31ClN6OS/c1-17-8-9-20(14-31-17)24-12-26(34-16-33-24)32-15-25(37-4)19(3)21-6-5-7-22-23(10-11-30-27(21)22)28(36)35-18(2)13-29/h5-12,14,16,18-19,25H,13,15H2,1-4H3,(H,35,36)(H,32,33,34). The molecule has 3 atom stereocenters. The van der Waals surface area contributed by atoms with Gasteiger partial charge in [-0.05, 0) is 49.8 Å². The summed E-state index contributed by atoms with van der Waals surface area (Å²) in [7, 11) is 0. The molecule has 9 heteroatoms. The van der Waals surface area contributed by atoms with Crippen LogP contribution in [0.2, 0.25) is 0 Å². The quantitative estimate of drug-likeness (QED) is 0.252. The number of nitrogens with one attached hydrogen (secondary N) is 2. The van der Waals surface area contributed by atoms with E-state index >= 15 is 0 Å². The maximum atomic E-state index is 12.9. The molecule has 0 radical (unpaired) electrons. The van der Waals surface area contributed by atoms with Crippen LogP contribution in [0.5, 0.6) is 0 Å². The number of pyridine rings is 2. The molecule has 0 saturated heterocycles. The van der Waals surface area contributed by atoms with Crippen LogP contribution in [0.1, 0.15) is 41.4 Å². The first-order chi connectivity index (χ1) is 17.9. The fourth-order valence-electron chi connectivity index (χ4n) is 4.21. The predicted molar refractivity (Wildman–Crippen MR) is 154 cm³/mol. The number of aryl methyl sites for hydroxylation is 1. The van der Waals surface area contributed by atoms with Crippen LogP contribution >= 0.6 is 23.4 Å². The highest BCUT2D eigenvalue weighted by Gasteiger charge is 2.22. The molecule has 0 aliphatic heterocycles. The molecule has 1 aromatic carbocycles. The van der Waals surface area contributed by atoms with E-state index < -0.39 is 0 Å². The number of para-hydroxylation sites is 1. The topological polar surface area (TPSA) is 92.7 Å². The fourth-order valence-corrected chi connectivity index (χ4v) is 5.09. The summed E-state index contributed by atoms with van der Waals surface area (Å²) in [4.78, 5) is 30.7. The lowest BCUT2D eigenvalue weighted by molar-refractivity contribution is 0.0945. The van der Waals surface area contributed by atoms with Crippen molar-refractivity contribution in [3.05, 3.63) is 78.0 Å². The van der Waals surface area contributed by atoms with Crippen LogP contribution in [0.15, 0.2) is 61.2 Å². The highest BCUT2D eigenvalue weighted by Crippen LogP contribution is 2.32. The molecule has 0 aliphatic carbocycles. The Bertz CT molecular complexity index is 1370. The Hall–Kier alpha value is -3.23. The van der Waals surface area contributed by atoms with Crippen molar-refractivity contribution >= 4 is 46.0 Å². The number of alkyl halides is 1. The molecule has 3 aromatic heterocycles. The van der Waals surface area contributed by atoms with Crippen LogP contribution in [0.3, 0.4) is 0 Å². The number of halogens is 1. The van der Waals surface area contributed by atoms with Crippen LogP contribution in [0.25, 0.3) is 22.2 Å². The van der Waals surface area contributed by atoms with E-state index in [4.69, 9.17) is 11.6 Å². The summed E-state index contributed by atoms with van der Waals surface area (Å²) in [6.45, 7) is 6.75. The predicted octanol–water partition coefficient (Wildman–Crippen LogP) is 5.70. The monoisotopic (exact) mass is 534 g/mol. The summed E-state index contributed by atoms with van der Waals surface area (Å²) < 4.78 is 0. The lowest BCUT2D eigenvalue weighted by atomic mass is 9.93. The lowest BCUT2D eigenvalue weighted by Gasteiger charge is -2.24. The van der Waals surface area contributed by atoms with Gasteiger partial charge >= 0.3 is 0 Å². The first kappa shape index (κ1) is 26.8. The average molecular weight is 535 g/mol. The Labute approximate surface area is 226 Å². The number of anilines is 1. The van der Waals surface area contributed by atoms with Gasteiger partial charge in [-0.1, -0.05) is 25.1 Å². The van der Waals surface area contributed by atoms with Crippen molar-refractivity contribution in [2.24, 2.45) is 0 Å². The molecule has 192 valence electrons. The van der Waals surface area contributed by atoms with Crippen LogP contribution in [0, 0.1) is 6.92 Å². The zero-order valence-electron chi connectivity index (χ0n) is 21.4. The highest BCUT2D eigenvalue weighted by atomic mass is 35.5. The van der Waals surface area contributed by atoms with E-state index in [0.717, 1.165) is 39.2 Å². The minimum atomic E-state index is -0.142. The molecule has 3 heterocycles. The summed E-state index contributed by atoms with van der Waals surface area (Å²) >= 11 is 7.68. The molecule has 4 aromatic rings. The third kappa shape index (κ3) is 6.37. The normalized spacial score (nSPS) is 13.6. The van der Waals surface area contributed by atoms with Gasteiger partial charge in [0.1, 0.15) is 12.1 Å². The highest BCUT2D eigenvalue weighted by molar-refractivity contribution is 7.99. The SMILES string of the molecule is CSC(CNc1cc(-c2ccc(C)nc2)ncn1)C(C)c1cccc2c(C(=O)NC(C)CCl)ccnc12. The number of carbonyl (C=O) groups is 1. The average Bonchev–Trinajstić information content (AvgIpc) is 2.93. The molecule has 4 rings (SSSR count). The Morgan fingerprint density at radius 1 is 1.08 bits per heavy atom. The fraction of sp³-hybridized carbons (Fsp3) is 0.321. The molecule has 0 aliphatic rings. The van der Waals surface area contributed by atoms with Crippen molar-refractivity contribution in [1.82, 2.24) is 25.3 Å². The number of nitrogens with zero attached hydrogens (tertiary/aromatic N) is 4. The molecule has 0 bridgehead atoms. The molecule has 2 N–H and O–H groups in total. The molecular formula is C28H31ClN6OS. The van der Waals surface area contributed by atoms with Gasteiger partial charge in [0.05, 0.1) is 16.8 Å². The summed E-state index contributed by atoms with van der Waals surface area (Å²) in [5, 5.41) is 7.51. The second kappa shape index (κ2) is 12.3. The Kier molecular flexibility index (Phi) is 8.95. The minimum Gasteiger partial charge on any atom is -0.369 e. The van der Waals surface area contributed by atoms with E-state index in [1.54, 1.807) is 30.4 Å². The van der Waals surface area contributed by atoms with Gasteiger partial charge in [0, 0.05) is 58.8 Å². The number of hydrogen-bond acceptors (Lipinski definition) is 7. The van der Waals surface area contributed by atoms with E-state index in [2.05, 4.69) is 49.8 Å². The number of rotatable bonds is 10. The number of amides is 1. The van der Waals surface area contributed by atoms with Crippen LogP contribution in [-0.2, 0) is 0 Å². The third-order valence-corrected chi connectivity index (χ3v) is 8.01. The Morgan fingerprint density at radius 3 is 2.65 bits per heavy atom. The van der Waals surface area contributed by atoms with E-state index in [-0.39, 0.29) is 23.1 Å². The van der Waals surface area contributed by atoms with Crippen molar-refractivity contribution < 1.29 is 4.79 Å². The zero-order chi connectivity index (χ0) is 26.4. The smallest absolute Gasteiger partial charge is 0.252 e. The summed E-state index contributed by atoms with van der Waals surface area (Å²) in [5.41, 5.74) is 5.30. The number of fused-ring (bicyclic) bond motifs is 1.